The minimum Gasteiger partial charge on any atom is -0.348 e. The van der Waals surface area contributed by atoms with Crippen LogP contribution in [-0.4, -0.2) is 25.2 Å². The Morgan fingerprint density at radius 1 is 1.19 bits per heavy atom. The highest BCUT2D eigenvalue weighted by Gasteiger charge is 2.36. The van der Waals surface area contributed by atoms with Crippen LogP contribution in [0.15, 0.2) is 41.4 Å². The van der Waals surface area contributed by atoms with Gasteiger partial charge < -0.3 is 15.2 Å². The summed E-state index contributed by atoms with van der Waals surface area (Å²) >= 11 is 0. The predicted octanol–water partition coefficient (Wildman–Crippen LogP) is 3.82. The van der Waals surface area contributed by atoms with Crippen LogP contribution in [0.3, 0.4) is 0 Å². The molecule has 2 heterocycles. The lowest BCUT2D eigenvalue weighted by Crippen LogP contribution is -2.42. The van der Waals surface area contributed by atoms with Crippen molar-refractivity contribution in [3.05, 3.63) is 42.2 Å². The molecule has 32 heavy (non-hydrogen) atoms. The number of aromatic nitrogens is 3. The second-order valence-electron chi connectivity index (χ2n) is 9.23. The van der Waals surface area contributed by atoms with E-state index in [4.69, 9.17) is 10.1 Å². The quantitative estimate of drug-likeness (QED) is 0.470. The van der Waals surface area contributed by atoms with Crippen LogP contribution in [0.25, 0.3) is 11.0 Å². The third-order valence-corrected chi connectivity index (χ3v) is 7.15. The van der Waals surface area contributed by atoms with Crippen LogP contribution in [0, 0.1) is 0 Å². The number of rotatable bonds is 7. The molecule has 1 aliphatic rings. The Hall–Kier alpha value is -2.78. The fourth-order valence-electron chi connectivity index (χ4n) is 4.62. The van der Waals surface area contributed by atoms with Crippen LogP contribution in [0.4, 0.5) is 11.6 Å². The maximum atomic E-state index is 11.4. The zero-order valence-corrected chi connectivity index (χ0v) is 19.5. The lowest BCUT2D eigenvalue weighted by atomic mass is 9.82. The van der Waals surface area contributed by atoms with Crippen LogP contribution in [0.1, 0.15) is 58.6 Å². The number of carbonyl (C=O) groups is 1. The molecule has 1 saturated carbocycles. The monoisotopic (exact) mass is 454 g/mol. The van der Waals surface area contributed by atoms with Crippen molar-refractivity contribution in [3.8, 4) is 0 Å². The van der Waals surface area contributed by atoms with Gasteiger partial charge in [-0.05, 0) is 63.9 Å². The lowest BCUT2D eigenvalue weighted by molar-refractivity contribution is -0.111. The highest BCUT2D eigenvalue weighted by Crippen LogP contribution is 2.41. The smallest absolute Gasteiger partial charge is 0.229 e. The van der Waals surface area contributed by atoms with E-state index in [2.05, 4.69) is 33.2 Å². The largest absolute Gasteiger partial charge is 0.348 e. The molecule has 1 aromatic carbocycles. The first-order chi connectivity index (χ1) is 15.2. The number of nitrogens with one attached hydrogen (secondary N) is 2. The van der Waals surface area contributed by atoms with Gasteiger partial charge >= 0.3 is 0 Å². The fraction of sp³-hybridized carbons (Fsp3) is 0.435. The minimum absolute atomic E-state index is 0.0877. The van der Waals surface area contributed by atoms with E-state index in [9.17, 15) is 9.00 Å². The van der Waals surface area contributed by atoms with Crippen molar-refractivity contribution in [1.29, 1.82) is 0 Å². The van der Waals surface area contributed by atoms with Crippen molar-refractivity contribution in [2.75, 3.05) is 5.32 Å². The number of anilines is 2. The lowest BCUT2D eigenvalue weighted by Gasteiger charge is -2.40. The molecule has 4 rings (SSSR count). The number of amides is 1. The molecule has 0 saturated heterocycles. The molecule has 0 bridgehead atoms. The first-order valence-corrected chi connectivity index (χ1v) is 12.1. The number of nitrogens with two attached hydrogens (primary N) is 1. The number of benzene rings is 1. The Morgan fingerprint density at radius 2 is 1.88 bits per heavy atom. The van der Waals surface area contributed by atoms with Crippen molar-refractivity contribution in [3.63, 3.8) is 0 Å². The molecule has 0 radical (unpaired) electrons. The van der Waals surface area contributed by atoms with Crippen molar-refractivity contribution in [2.24, 2.45) is 5.14 Å². The molecule has 8 nitrogen and oxygen atoms in total. The summed E-state index contributed by atoms with van der Waals surface area (Å²) in [5, 5.41) is 12.6. The predicted molar refractivity (Wildman–Crippen MR) is 127 cm³/mol. The maximum Gasteiger partial charge on any atom is 0.229 e. The number of nitrogens with zero attached hydrogens (tertiary/aromatic N) is 3. The Morgan fingerprint density at radius 3 is 2.50 bits per heavy atom. The zero-order valence-electron chi connectivity index (χ0n) is 18.7. The van der Waals surface area contributed by atoms with Gasteiger partial charge in [0.1, 0.15) is 16.6 Å². The van der Waals surface area contributed by atoms with Crippen molar-refractivity contribution in [1.82, 2.24) is 19.9 Å². The van der Waals surface area contributed by atoms with E-state index in [1.807, 2.05) is 20.0 Å². The second kappa shape index (κ2) is 8.63. The zero-order chi connectivity index (χ0) is 22.9. The van der Waals surface area contributed by atoms with Gasteiger partial charge in [-0.2, -0.15) is 4.98 Å². The molecule has 3 aromatic rings. The summed E-state index contributed by atoms with van der Waals surface area (Å²) in [5.41, 5.74) is 2.01. The minimum atomic E-state index is -1.51. The molecule has 4 N–H and O–H groups in total. The molecular formula is C23H30N6O2S. The molecular weight excluding hydrogens is 424 g/mol. The molecule has 1 amide bonds. The van der Waals surface area contributed by atoms with E-state index < -0.39 is 16.5 Å². The van der Waals surface area contributed by atoms with Gasteiger partial charge in [-0.25, -0.2) is 14.3 Å². The van der Waals surface area contributed by atoms with Crippen LogP contribution >= 0.6 is 0 Å². The van der Waals surface area contributed by atoms with E-state index in [-0.39, 0.29) is 5.54 Å². The van der Waals surface area contributed by atoms with Crippen LogP contribution in [0.5, 0.6) is 0 Å². The summed E-state index contributed by atoms with van der Waals surface area (Å²) in [7, 11) is -1.51. The van der Waals surface area contributed by atoms with Crippen LogP contribution in [-0.2, 0) is 26.9 Å². The van der Waals surface area contributed by atoms with Gasteiger partial charge in [0.05, 0.1) is 10.4 Å². The molecule has 2 aromatic heterocycles. The molecule has 170 valence electrons. The first kappa shape index (κ1) is 22.4. The number of fused-ring (bicyclic) bond motifs is 1. The molecule has 1 aliphatic carbocycles. The van der Waals surface area contributed by atoms with Crippen LogP contribution in [0.2, 0.25) is 0 Å². The fourth-order valence-corrected chi connectivity index (χ4v) is 5.02. The third-order valence-electron chi connectivity index (χ3n) is 6.41. The SMILES string of the molecule is CC(C)(NC=O)c1cc2cnc(Nc3ccc(S(N)=O)cc3)nc2n1C1(C)CCCCC1. The van der Waals surface area contributed by atoms with Gasteiger partial charge in [0.15, 0.2) is 0 Å². The first-order valence-electron chi connectivity index (χ1n) is 10.9. The summed E-state index contributed by atoms with van der Waals surface area (Å²) in [6.45, 7) is 6.30. The summed E-state index contributed by atoms with van der Waals surface area (Å²) in [5.74, 6) is 0.477. The topological polar surface area (TPSA) is 115 Å². The average molecular weight is 455 g/mol. The normalized spacial score (nSPS) is 17.1. The maximum absolute atomic E-state index is 11.4. The van der Waals surface area contributed by atoms with E-state index in [0.29, 0.717) is 10.8 Å². The van der Waals surface area contributed by atoms with E-state index >= 15 is 0 Å². The van der Waals surface area contributed by atoms with Crippen molar-refractivity contribution in [2.45, 2.75) is 68.8 Å². The standard InChI is InChI=1S/C23H30N6O2S/c1-22(2,26-15-30)19-13-16-14-25-21(27-17-7-9-18(10-8-17)32(24)31)28-20(16)29(19)23(3)11-5-4-6-12-23/h7-10,13-15H,4-6,11-12,24H2,1-3H3,(H,26,30)(H,25,27,28). The summed E-state index contributed by atoms with van der Waals surface area (Å²) in [6, 6.07) is 9.12. The molecule has 0 spiro atoms. The number of carbonyl (C=O) groups excluding carboxylic acids is 1. The van der Waals surface area contributed by atoms with Gasteiger partial charge in [-0.1, -0.05) is 19.3 Å². The average Bonchev–Trinajstić information content (AvgIpc) is 3.15. The Balaban J connectivity index is 1.79. The van der Waals surface area contributed by atoms with Gasteiger partial charge in [0.2, 0.25) is 12.4 Å². The van der Waals surface area contributed by atoms with Crippen molar-refractivity contribution < 1.29 is 9.00 Å². The summed E-state index contributed by atoms with van der Waals surface area (Å²) in [6.07, 6.45) is 8.27. The Labute approximate surface area is 190 Å². The number of hydrogen-bond donors (Lipinski definition) is 3. The van der Waals surface area contributed by atoms with Crippen LogP contribution < -0.4 is 15.8 Å². The molecule has 1 atom stereocenters. The highest BCUT2D eigenvalue weighted by atomic mass is 32.2. The highest BCUT2D eigenvalue weighted by molar-refractivity contribution is 7.82. The van der Waals surface area contributed by atoms with E-state index in [1.165, 1.54) is 19.3 Å². The molecule has 1 unspecified atom stereocenters. The summed E-state index contributed by atoms with van der Waals surface area (Å²) < 4.78 is 13.7. The second-order valence-corrected chi connectivity index (χ2v) is 10.3. The Kier molecular flexibility index (Phi) is 6.05. The van der Waals surface area contributed by atoms with Gasteiger partial charge in [-0.3, -0.25) is 4.79 Å². The van der Waals surface area contributed by atoms with Gasteiger partial charge in [0.25, 0.3) is 0 Å². The van der Waals surface area contributed by atoms with Crippen molar-refractivity contribution >= 4 is 40.1 Å². The van der Waals surface area contributed by atoms with E-state index in [0.717, 1.165) is 41.7 Å². The van der Waals surface area contributed by atoms with Gasteiger partial charge in [0, 0.05) is 28.5 Å². The van der Waals surface area contributed by atoms with Gasteiger partial charge in [-0.15, -0.1) is 0 Å². The molecule has 9 heteroatoms. The Bertz CT molecular complexity index is 1150. The molecule has 0 aliphatic heterocycles. The van der Waals surface area contributed by atoms with E-state index in [1.54, 1.807) is 24.3 Å². The molecule has 1 fully saturated rings. The third kappa shape index (κ3) is 4.27. The number of hydrogen-bond acceptors (Lipinski definition) is 5. The summed E-state index contributed by atoms with van der Waals surface area (Å²) in [4.78, 5) is 21.3.